The Kier molecular flexibility index (Phi) is 27.3. The van der Waals surface area contributed by atoms with Crippen LogP contribution in [0.2, 0.25) is 0 Å². The summed E-state index contributed by atoms with van der Waals surface area (Å²) < 4.78 is 80.5. The average Bonchev–Trinajstić information content (AvgIpc) is 1.50. The fourth-order valence-corrected chi connectivity index (χ4v) is 16.8. The van der Waals surface area contributed by atoms with Crippen molar-refractivity contribution >= 4 is 47.2 Å². The Hall–Kier alpha value is -3.71. The molecule has 5 aromatic rings. The highest BCUT2D eigenvalue weighted by molar-refractivity contribution is 6.65. The van der Waals surface area contributed by atoms with E-state index in [1.165, 1.54) is 180 Å². The van der Waals surface area contributed by atoms with E-state index in [9.17, 15) is 0 Å². The minimum atomic E-state index is -0.946. The molecule has 4 aliphatic rings. The molecule has 0 unspecified atom stereocenters. The van der Waals surface area contributed by atoms with Crippen molar-refractivity contribution in [1.29, 1.82) is 0 Å². The predicted molar refractivity (Wildman–Crippen MR) is 387 cm³/mol. The van der Waals surface area contributed by atoms with Crippen LogP contribution in [0.15, 0.2) is 21.4 Å². The Morgan fingerprint density at radius 1 is 0.298 bits per heavy atom. The highest BCUT2D eigenvalue weighted by atomic mass is 19.1. The highest BCUT2D eigenvalue weighted by Crippen LogP contribution is 2.65. The first kappa shape index (κ1) is 74.5. The van der Waals surface area contributed by atoms with Crippen LogP contribution in [0.4, 0.5) is 8.78 Å². The molecule has 2 aliphatic heterocycles. The number of rotatable bonds is 46. The minimum Gasteiger partial charge on any atom is -0.399 e. The van der Waals surface area contributed by atoms with Crippen LogP contribution in [0.25, 0.3) is 44.3 Å². The number of nitrogens with zero attached hydrogens (tertiary/aromatic N) is 4. The largest absolute Gasteiger partial charge is 0.497 e. The van der Waals surface area contributed by atoms with Gasteiger partial charge in [0.15, 0.2) is 0 Å². The van der Waals surface area contributed by atoms with Crippen LogP contribution in [0.1, 0.15) is 388 Å². The number of halogens is 2. The lowest BCUT2D eigenvalue weighted by molar-refractivity contribution is 0.00578. The summed E-state index contributed by atoms with van der Waals surface area (Å²) in [5.41, 5.74) is 3.21. The maximum absolute atomic E-state index is 20.6. The molecule has 0 amide bonds. The summed E-state index contributed by atoms with van der Waals surface area (Å²) in [6, 6.07) is 4.35. The molecule has 94 heavy (non-hydrogen) atoms. The summed E-state index contributed by atoms with van der Waals surface area (Å²) in [5, 5.41) is 18.9. The Morgan fingerprint density at radius 2 is 0.511 bits per heavy atom. The molecular formula is C80H126B2F2N4O6. The fourth-order valence-electron chi connectivity index (χ4n) is 16.8. The minimum absolute atomic E-state index is 0.329. The molecule has 0 N–H and O–H groups in total. The van der Waals surface area contributed by atoms with Gasteiger partial charge >= 0.3 is 14.2 Å². The van der Waals surface area contributed by atoms with Crippen molar-refractivity contribution in [2.75, 3.05) is 0 Å². The number of fused-ring (bicyclic) bond motifs is 10. The van der Waals surface area contributed by atoms with E-state index in [0.717, 1.165) is 88.2 Å². The van der Waals surface area contributed by atoms with Gasteiger partial charge in [-0.15, -0.1) is 0 Å². The van der Waals surface area contributed by atoms with E-state index in [2.05, 4.69) is 106 Å². The lowest BCUT2D eigenvalue weighted by Gasteiger charge is -2.35. The van der Waals surface area contributed by atoms with Gasteiger partial charge in [0.1, 0.15) is 33.7 Å². The van der Waals surface area contributed by atoms with Crippen molar-refractivity contribution < 1.29 is 36.7 Å². The first-order chi connectivity index (χ1) is 45.4. The average molecular weight is 1300 g/mol. The summed E-state index contributed by atoms with van der Waals surface area (Å²) in [4.78, 5) is 0. The molecule has 2 saturated heterocycles. The normalized spacial score (nSPS) is 17.7. The van der Waals surface area contributed by atoms with Crippen molar-refractivity contribution in [1.82, 2.24) is 20.6 Å². The first-order valence-electron chi connectivity index (χ1n) is 39.2. The molecule has 3 aromatic carbocycles. The van der Waals surface area contributed by atoms with Gasteiger partial charge in [0.05, 0.1) is 22.4 Å². The molecule has 0 saturated carbocycles. The first-order valence-corrected chi connectivity index (χ1v) is 39.2. The molecule has 2 aliphatic carbocycles. The van der Waals surface area contributed by atoms with Crippen LogP contribution in [0.3, 0.4) is 0 Å². The van der Waals surface area contributed by atoms with Gasteiger partial charge in [-0.05, 0) is 103 Å². The zero-order valence-corrected chi connectivity index (χ0v) is 61.4. The molecule has 0 spiro atoms. The molecule has 14 heteroatoms. The summed E-state index contributed by atoms with van der Waals surface area (Å²) in [6.07, 6.45) is 49.6. The zero-order valence-electron chi connectivity index (χ0n) is 61.4. The quantitative estimate of drug-likeness (QED) is 0.0276. The number of unbranched alkanes of at least 4 members (excludes halogenated alkanes) is 36. The maximum Gasteiger partial charge on any atom is 0.497 e. The Morgan fingerprint density at radius 3 is 0.745 bits per heavy atom. The van der Waals surface area contributed by atoms with Crippen molar-refractivity contribution in [2.45, 2.75) is 399 Å². The Labute approximate surface area is 568 Å². The fraction of sp³-hybridized carbons (Fsp3) is 0.775. The van der Waals surface area contributed by atoms with E-state index in [1.807, 2.05) is 0 Å². The van der Waals surface area contributed by atoms with Gasteiger partial charge in [-0.1, -0.05) is 307 Å². The second kappa shape index (κ2) is 34.4. The molecule has 2 aromatic heterocycles. The molecule has 0 atom stereocenters. The van der Waals surface area contributed by atoms with Crippen LogP contribution in [-0.4, -0.2) is 57.3 Å². The van der Waals surface area contributed by atoms with Crippen molar-refractivity contribution in [2.24, 2.45) is 0 Å². The molecule has 522 valence electrons. The van der Waals surface area contributed by atoms with Gasteiger partial charge in [0, 0.05) is 55.1 Å². The van der Waals surface area contributed by atoms with E-state index in [0.29, 0.717) is 92.1 Å². The van der Waals surface area contributed by atoms with Crippen LogP contribution < -0.4 is 10.9 Å². The topological polar surface area (TPSA) is 115 Å². The van der Waals surface area contributed by atoms with E-state index in [-0.39, 0.29) is 11.6 Å². The van der Waals surface area contributed by atoms with Gasteiger partial charge in [0.25, 0.3) is 0 Å². The number of hydrogen-bond donors (Lipinski definition) is 0. The lowest BCUT2D eigenvalue weighted by atomic mass is 9.66. The molecule has 9 rings (SSSR count). The van der Waals surface area contributed by atoms with E-state index in [4.69, 9.17) is 38.2 Å². The van der Waals surface area contributed by atoms with Crippen LogP contribution >= 0.6 is 0 Å². The smallest absolute Gasteiger partial charge is 0.399 e. The van der Waals surface area contributed by atoms with Gasteiger partial charge in [-0.25, -0.2) is 18.0 Å². The van der Waals surface area contributed by atoms with Gasteiger partial charge in [-0.3, -0.25) is 0 Å². The Balaban J connectivity index is 1.23. The third-order valence-corrected chi connectivity index (χ3v) is 23.8. The predicted octanol–water partition coefficient (Wildman–Crippen LogP) is 23.4. The van der Waals surface area contributed by atoms with Crippen molar-refractivity contribution in [3.05, 3.63) is 46.0 Å². The summed E-state index contributed by atoms with van der Waals surface area (Å²) in [6.45, 7) is 25.6. The highest BCUT2D eigenvalue weighted by Gasteiger charge is 2.59. The van der Waals surface area contributed by atoms with E-state index in [1.54, 1.807) is 0 Å². The summed E-state index contributed by atoms with van der Waals surface area (Å²) >= 11 is 0. The van der Waals surface area contributed by atoms with Crippen LogP contribution in [0, 0.1) is 11.6 Å². The van der Waals surface area contributed by atoms with Gasteiger partial charge < -0.3 is 18.6 Å². The number of hydrogen-bond acceptors (Lipinski definition) is 10. The second-order valence-corrected chi connectivity index (χ2v) is 31.9. The van der Waals surface area contributed by atoms with E-state index < -0.39 is 47.5 Å². The SMILES string of the molecule is CCCCCCCCCCCCC1(CCCCCCCCCCCC)c2cc(B3OC(C)(C)C(C)(C)O3)c3nonc3c2-c2c(F)c3c(c(F)c21)-c1c(cc(B2OC(C)(C)C(C)(C)O2)c2nonc12)C3(CCCCCCCCCCCC)CCCCCCCCCCCC. The summed E-state index contributed by atoms with van der Waals surface area (Å²) in [7, 11) is -1.62. The molecule has 4 heterocycles. The molecular weight excluding hydrogens is 1170 g/mol. The molecule has 10 nitrogen and oxygen atoms in total. The lowest BCUT2D eigenvalue weighted by Crippen LogP contribution is -2.41. The van der Waals surface area contributed by atoms with Crippen molar-refractivity contribution in [3.8, 4) is 22.3 Å². The third-order valence-electron chi connectivity index (χ3n) is 23.8. The van der Waals surface area contributed by atoms with Crippen molar-refractivity contribution in [3.63, 3.8) is 0 Å². The van der Waals surface area contributed by atoms with Gasteiger partial charge in [-0.2, -0.15) is 0 Å². The van der Waals surface area contributed by atoms with Crippen LogP contribution in [-0.2, 0) is 29.4 Å². The maximum atomic E-state index is 20.6. The molecule has 2 fully saturated rings. The Bertz CT molecular complexity index is 2880. The third kappa shape index (κ3) is 16.4. The summed E-state index contributed by atoms with van der Waals surface area (Å²) in [5.74, 6) is -0.712. The van der Waals surface area contributed by atoms with Crippen LogP contribution in [0.5, 0.6) is 0 Å². The molecule has 0 bridgehead atoms. The van der Waals surface area contributed by atoms with Gasteiger partial charge in [0.2, 0.25) is 0 Å². The number of aromatic nitrogens is 4. The standard InChI is InChI=1S/C80H126B2F2N4O6/c1-13-17-21-25-29-33-37-41-45-49-53-79(54-50-46-42-38-34-30-26-22-18-14-2)59-57-61(81-89-75(5,6)76(7,8)90-81)71-73(87-93-85-71)63(59)65-67(79)69(83)66-64-60(58-62(72-74(64)88-94-86-72)82-91-77(9,10)78(11,12)92-82)80(68(66)70(65)84,55-51-47-43-39-35-31-27-23-19-15-3)56-52-48-44-40-36-32-28-24-20-16-4/h57-58H,13-56H2,1-12H3. The number of benzene rings is 3. The van der Waals surface area contributed by atoms with E-state index >= 15 is 8.78 Å². The second-order valence-electron chi connectivity index (χ2n) is 31.9. The monoisotopic (exact) mass is 1300 g/mol. The molecule has 0 radical (unpaired) electrons. The zero-order chi connectivity index (χ0) is 67.0.